The fourth-order valence-corrected chi connectivity index (χ4v) is 2.42. The molecule has 0 aliphatic heterocycles. The molecule has 2 N–H and O–H groups in total. The van der Waals surface area contributed by atoms with Crippen LogP contribution >= 0.6 is 0 Å². The van der Waals surface area contributed by atoms with Gasteiger partial charge in [0.25, 0.3) is 0 Å². The predicted octanol–water partition coefficient (Wildman–Crippen LogP) is 2.30. The van der Waals surface area contributed by atoms with Crippen molar-refractivity contribution in [3.05, 3.63) is 53.6 Å². The Bertz CT molecular complexity index is 732. The Labute approximate surface area is 123 Å². The van der Waals surface area contributed by atoms with Gasteiger partial charge in [0.2, 0.25) is 5.91 Å². The number of para-hydroxylation sites is 2. The lowest BCUT2D eigenvalue weighted by Crippen LogP contribution is -2.28. The molecule has 0 radical (unpaired) electrons. The zero-order chi connectivity index (χ0) is 14.8. The Morgan fingerprint density at radius 1 is 1.19 bits per heavy atom. The Balaban J connectivity index is 1.63. The number of carbonyl (C=O) groups excluding carboxylic acids is 1. The number of H-pyrrole nitrogens is 1. The van der Waals surface area contributed by atoms with Gasteiger partial charge in [0.15, 0.2) is 0 Å². The number of amides is 1. The van der Waals surface area contributed by atoms with E-state index in [1.54, 1.807) is 0 Å². The van der Waals surface area contributed by atoms with E-state index in [2.05, 4.69) is 15.3 Å². The molecule has 3 aromatic rings. The maximum atomic E-state index is 12.0. The first-order chi connectivity index (χ1) is 10.1. The molecule has 21 heavy (non-hydrogen) atoms. The molecule has 0 unspecified atom stereocenters. The second-order valence-corrected chi connectivity index (χ2v) is 5.18. The van der Waals surface area contributed by atoms with E-state index in [0.717, 1.165) is 28.2 Å². The maximum Gasteiger partial charge on any atom is 0.240 e. The third-order valence-corrected chi connectivity index (χ3v) is 3.61. The predicted molar refractivity (Wildman–Crippen MR) is 81.8 cm³/mol. The van der Waals surface area contributed by atoms with Crippen molar-refractivity contribution in [2.75, 3.05) is 0 Å². The summed E-state index contributed by atoms with van der Waals surface area (Å²) in [7, 11) is 0. The van der Waals surface area contributed by atoms with Crippen LogP contribution in [0.4, 0.5) is 0 Å². The average molecular weight is 282 g/mol. The van der Waals surface area contributed by atoms with Gasteiger partial charge in [-0.1, -0.05) is 12.1 Å². The molecule has 5 nitrogen and oxygen atoms in total. The Morgan fingerprint density at radius 3 is 2.62 bits per heavy atom. The first-order valence-electron chi connectivity index (χ1n) is 6.96. The van der Waals surface area contributed by atoms with Crippen LogP contribution in [0.1, 0.15) is 17.2 Å². The largest absolute Gasteiger partial charge is 0.347 e. The van der Waals surface area contributed by atoms with Crippen molar-refractivity contribution in [3.63, 3.8) is 0 Å². The van der Waals surface area contributed by atoms with Crippen molar-refractivity contribution in [2.45, 2.75) is 26.9 Å². The second-order valence-electron chi connectivity index (χ2n) is 5.18. The van der Waals surface area contributed by atoms with Crippen LogP contribution in [0.15, 0.2) is 36.4 Å². The number of imidazole rings is 1. The van der Waals surface area contributed by atoms with Crippen molar-refractivity contribution in [2.24, 2.45) is 0 Å². The first kappa shape index (κ1) is 13.4. The standard InChI is InChI=1S/C16H18N4O/c1-11-7-8-12(2)20(11)10-16(21)17-9-15-18-13-5-3-4-6-14(13)19-15/h3-8H,9-10H2,1-2H3,(H,17,21)(H,18,19). The van der Waals surface area contributed by atoms with Crippen LogP contribution in [0.3, 0.4) is 0 Å². The van der Waals surface area contributed by atoms with Gasteiger partial charge in [0.05, 0.1) is 17.6 Å². The van der Waals surface area contributed by atoms with Gasteiger partial charge >= 0.3 is 0 Å². The number of aromatic amines is 1. The smallest absolute Gasteiger partial charge is 0.240 e. The van der Waals surface area contributed by atoms with Gasteiger partial charge in [-0.15, -0.1) is 0 Å². The lowest BCUT2D eigenvalue weighted by atomic mass is 10.3. The number of carbonyl (C=O) groups is 1. The molecule has 3 rings (SSSR count). The number of rotatable bonds is 4. The number of aryl methyl sites for hydroxylation is 2. The van der Waals surface area contributed by atoms with Gasteiger partial charge in [-0.3, -0.25) is 4.79 Å². The minimum Gasteiger partial charge on any atom is -0.347 e. The molecule has 0 fully saturated rings. The fraction of sp³-hybridized carbons (Fsp3) is 0.250. The van der Waals surface area contributed by atoms with Gasteiger partial charge in [0.1, 0.15) is 12.4 Å². The molecule has 2 aromatic heterocycles. The monoisotopic (exact) mass is 282 g/mol. The van der Waals surface area contributed by atoms with Crippen LogP contribution in [0.25, 0.3) is 11.0 Å². The number of aromatic nitrogens is 3. The minimum atomic E-state index is -0.0159. The molecule has 0 atom stereocenters. The molecule has 2 heterocycles. The summed E-state index contributed by atoms with van der Waals surface area (Å²) in [5, 5.41) is 2.90. The highest BCUT2D eigenvalue weighted by Crippen LogP contribution is 2.10. The van der Waals surface area contributed by atoms with Crippen LogP contribution in [-0.4, -0.2) is 20.4 Å². The minimum absolute atomic E-state index is 0.0159. The van der Waals surface area contributed by atoms with Crippen molar-refractivity contribution in [3.8, 4) is 0 Å². The summed E-state index contributed by atoms with van der Waals surface area (Å²) >= 11 is 0. The Hall–Kier alpha value is -2.56. The van der Waals surface area contributed by atoms with E-state index in [9.17, 15) is 4.79 Å². The molecule has 0 saturated carbocycles. The number of nitrogens with zero attached hydrogens (tertiary/aromatic N) is 2. The highest BCUT2D eigenvalue weighted by atomic mass is 16.1. The number of hydrogen-bond acceptors (Lipinski definition) is 2. The highest BCUT2D eigenvalue weighted by molar-refractivity contribution is 5.77. The summed E-state index contributed by atoms with van der Waals surface area (Å²) in [6.45, 7) is 4.75. The van der Waals surface area contributed by atoms with E-state index in [1.807, 2.05) is 54.8 Å². The molecule has 0 aliphatic rings. The first-order valence-corrected chi connectivity index (χ1v) is 6.96. The molecule has 1 amide bonds. The molecule has 1 aromatic carbocycles. The van der Waals surface area contributed by atoms with Gasteiger partial charge in [-0.2, -0.15) is 0 Å². The van der Waals surface area contributed by atoms with Crippen molar-refractivity contribution >= 4 is 16.9 Å². The van der Waals surface area contributed by atoms with E-state index in [-0.39, 0.29) is 5.91 Å². The fourth-order valence-electron chi connectivity index (χ4n) is 2.42. The molecule has 0 bridgehead atoms. The number of hydrogen-bond donors (Lipinski definition) is 2. The normalized spacial score (nSPS) is 11.0. The third kappa shape index (κ3) is 2.81. The van der Waals surface area contributed by atoms with Crippen LogP contribution in [0.2, 0.25) is 0 Å². The summed E-state index contributed by atoms with van der Waals surface area (Å²) in [6, 6.07) is 11.9. The third-order valence-electron chi connectivity index (χ3n) is 3.61. The van der Waals surface area contributed by atoms with Crippen molar-refractivity contribution in [1.29, 1.82) is 0 Å². The van der Waals surface area contributed by atoms with E-state index in [1.165, 1.54) is 0 Å². The summed E-state index contributed by atoms with van der Waals surface area (Å²) in [6.07, 6.45) is 0. The lowest BCUT2D eigenvalue weighted by molar-refractivity contribution is -0.121. The summed E-state index contributed by atoms with van der Waals surface area (Å²) < 4.78 is 1.99. The maximum absolute atomic E-state index is 12.0. The number of fused-ring (bicyclic) bond motifs is 1. The zero-order valence-electron chi connectivity index (χ0n) is 12.2. The molecular formula is C16H18N4O. The van der Waals surface area contributed by atoms with Gasteiger partial charge in [-0.25, -0.2) is 4.98 Å². The van der Waals surface area contributed by atoms with Gasteiger partial charge in [-0.05, 0) is 38.1 Å². The molecule has 0 spiro atoms. The quantitative estimate of drug-likeness (QED) is 0.771. The van der Waals surface area contributed by atoms with Gasteiger partial charge < -0.3 is 14.9 Å². The lowest BCUT2D eigenvalue weighted by Gasteiger charge is -2.09. The SMILES string of the molecule is Cc1ccc(C)n1CC(=O)NCc1nc2ccccc2[nH]1. The topological polar surface area (TPSA) is 62.7 Å². The van der Waals surface area contributed by atoms with Gasteiger partial charge in [0, 0.05) is 11.4 Å². The van der Waals surface area contributed by atoms with Crippen LogP contribution in [-0.2, 0) is 17.9 Å². The molecule has 0 aliphatic carbocycles. The van der Waals surface area contributed by atoms with E-state index in [0.29, 0.717) is 13.1 Å². The summed E-state index contributed by atoms with van der Waals surface area (Å²) in [5.74, 6) is 0.753. The molecule has 108 valence electrons. The number of nitrogens with one attached hydrogen (secondary N) is 2. The van der Waals surface area contributed by atoms with E-state index in [4.69, 9.17) is 0 Å². The van der Waals surface area contributed by atoms with Crippen molar-refractivity contribution < 1.29 is 4.79 Å². The highest BCUT2D eigenvalue weighted by Gasteiger charge is 2.08. The molecule has 0 saturated heterocycles. The van der Waals surface area contributed by atoms with E-state index >= 15 is 0 Å². The zero-order valence-corrected chi connectivity index (χ0v) is 12.2. The van der Waals surface area contributed by atoms with Crippen LogP contribution < -0.4 is 5.32 Å². The van der Waals surface area contributed by atoms with Crippen molar-refractivity contribution in [1.82, 2.24) is 19.9 Å². The molecule has 5 heteroatoms. The summed E-state index contributed by atoms with van der Waals surface area (Å²) in [4.78, 5) is 19.7. The van der Waals surface area contributed by atoms with Crippen LogP contribution in [0, 0.1) is 13.8 Å². The van der Waals surface area contributed by atoms with E-state index < -0.39 is 0 Å². The Morgan fingerprint density at radius 2 is 1.90 bits per heavy atom. The average Bonchev–Trinajstić information content (AvgIpc) is 3.03. The molecular weight excluding hydrogens is 264 g/mol. The second kappa shape index (κ2) is 5.44. The van der Waals surface area contributed by atoms with Crippen LogP contribution in [0.5, 0.6) is 0 Å². The number of benzene rings is 1. The summed E-state index contributed by atoms with van der Waals surface area (Å²) in [5.41, 5.74) is 4.08. The Kier molecular flexibility index (Phi) is 3.48.